The maximum absolute atomic E-state index is 12.4. The summed E-state index contributed by atoms with van der Waals surface area (Å²) in [4.78, 5) is 39.7. The molecule has 1 saturated heterocycles. The van der Waals surface area contributed by atoms with Crippen molar-refractivity contribution in [3.05, 3.63) is 34.3 Å². The smallest absolute Gasteiger partial charge is 0.262 e. The lowest BCUT2D eigenvalue weighted by Crippen LogP contribution is -2.46. The molecule has 0 aromatic heterocycles. The molecule has 1 aromatic rings. The molecular formula is C16H17ClN2O3. The third-order valence-electron chi connectivity index (χ3n) is 4.24. The van der Waals surface area contributed by atoms with Gasteiger partial charge in [-0.1, -0.05) is 18.5 Å². The van der Waals surface area contributed by atoms with Crippen LogP contribution in [0.1, 0.15) is 40.5 Å². The quantitative estimate of drug-likeness (QED) is 0.785. The van der Waals surface area contributed by atoms with Gasteiger partial charge < -0.3 is 4.90 Å². The third kappa shape index (κ3) is 2.61. The lowest BCUT2D eigenvalue weighted by Gasteiger charge is -2.31. The van der Waals surface area contributed by atoms with Crippen molar-refractivity contribution in [2.45, 2.75) is 19.8 Å². The highest BCUT2D eigenvalue weighted by molar-refractivity contribution is 6.32. The fourth-order valence-corrected chi connectivity index (χ4v) is 3.23. The standard InChI is InChI=1S/C16H17ClN2O3/c1-10-3-2-6-18(8-10)14(20)9-19-15(21)12-5-4-11(17)7-13(12)16(19)22/h4-5,7,10H,2-3,6,8-9H2,1H3. The Hall–Kier alpha value is -1.88. The van der Waals surface area contributed by atoms with Crippen LogP contribution in [0.4, 0.5) is 0 Å². The predicted octanol–water partition coefficient (Wildman–Crippen LogP) is 2.19. The van der Waals surface area contributed by atoms with E-state index in [4.69, 9.17) is 11.6 Å². The predicted molar refractivity (Wildman–Crippen MR) is 81.8 cm³/mol. The highest BCUT2D eigenvalue weighted by atomic mass is 35.5. The Morgan fingerprint density at radius 2 is 2.00 bits per heavy atom. The first-order chi connectivity index (χ1) is 10.5. The molecule has 2 aliphatic heterocycles. The van der Waals surface area contributed by atoms with E-state index in [0.717, 1.165) is 17.7 Å². The largest absolute Gasteiger partial charge is 0.341 e. The second kappa shape index (κ2) is 5.72. The average Bonchev–Trinajstić information content (AvgIpc) is 2.72. The van der Waals surface area contributed by atoms with Crippen molar-refractivity contribution < 1.29 is 14.4 Å². The summed E-state index contributed by atoms with van der Waals surface area (Å²) >= 11 is 5.87. The van der Waals surface area contributed by atoms with Gasteiger partial charge in [-0.3, -0.25) is 19.3 Å². The molecule has 22 heavy (non-hydrogen) atoms. The Bertz CT molecular complexity index is 659. The monoisotopic (exact) mass is 320 g/mol. The Morgan fingerprint density at radius 1 is 1.27 bits per heavy atom. The number of imide groups is 1. The summed E-state index contributed by atoms with van der Waals surface area (Å²) in [6.45, 7) is 3.28. The van der Waals surface area contributed by atoms with E-state index in [1.165, 1.54) is 12.1 Å². The van der Waals surface area contributed by atoms with Gasteiger partial charge in [-0.05, 0) is 37.0 Å². The Morgan fingerprint density at radius 3 is 2.73 bits per heavy atom. The van der Waals surface area contributed by atoms with Crippen LogP contribution < -0.4 is 0 Å². The van der Waals surface area contributed by atoms with Crippen LogP contribution >= 0.6 is 11.6 Å². The van der Waals surface area contributed by atoms with E-state index in [1.807, 2.05) is 0 Å². The topological polar surface area (TPSA) is 57.7 Å². The lowest BCUT2D eigenvalue weighted by molar-refractivity contribution is -0.133. The summed E-state index contributed by atoms with van der Waals surface area (Å²) in [5.74, 6) is -0.582. The number of piperidine rings is 1. The molecule has 2 aliphatic rings. The van der Waals surface area contributed by atoms with E-state index in [9.17, 15) is 14.4 Å². The summed E-state index contributed by atoms with van der Waals surface area (Å²) in [5, 5.41) is 0.401. The van der Waals surface area contributed by atoms with Gasteiger partial charge in [0.15, 0.2) is 0 Å². The van der Waals surface area contributed by atoms with E-state index in [-0.39, 0.29) is 18.0 Å². The van der Waals surface area contributed by atoms with Crippen molar-refractivity contribution >= 4 is 29.3 Å². The first-order valence-electron chi connectivity index (χ1n) is 7.41. The highest BCUT2D eigenvalue weighted by Gasteiger charge is 2.37. The average molecular weight is 321 g/mol. The molecule has 116 valence electrons. The number of fused-ring (bicyclic) bond motifs is 1. The minimum Gasteiger partial charge on any atom is -0.341 e. The zero-order valence-corrected chi connectivity index (χ0v) is 13.1. The molecule has 5 nitrogen and oxygen atoms in total. The van der Waals surface area contributed by atoms with Crippen LogP contribution in [0.25, 0.3) is 0 Å². The molecule has 1 unspecified atom stereocenters. The number of carbonyl (C=O) groups excluding carboxylic acids is 3. The zero-order chi connectivity index (χ0) is 15.9. The number of amides is 3. The van der Waals surface area contributed by atoms with Gasteiger partial charge in [-0.25, -0.2) is 0 Å². The molecule has 0 N–H and O–H groups in total. The molecule has 2 heterocycles. The molecule has 1 atom stereocenters. The lowest BCUT2D eigenvalue weighted by atomic mass is 10.0. The first-order valence-corrected chi connectivity index (χ1v) is 7.78. The Labute approximate surface area is 133 Å². The van der Waals surface area contributed by atoms with Gasteiger partial charge in [0.2, 0.25) is 5.91 Å². The van der Waals surface area contributed by atoms with Gasteiger partial charge in [0.25, 0.3) is 11.8 Å². The summed E-state index contributed by atoms with van der Waals surface area (Å²) in [6.07, 6.45) is 2.07. The SMILES string of the molecule is CC1CCCN(C(=O)CN2C(=O)c3ccc(Cl)cc3C2=O)C1. The molecule has 0 saturated carbocycles. The third-order valence-corrected chi connectivity index (χ3v) is 4.47. The van der Waals surface area contributed by atoms with Crippen molar-refractivity contribution in [1.29, 1.82) is 0 Å². The fraction of sp³-hybridized carbons (Fsp3) is 0.438. The second-order valence-corrected chi connectivity index (χ2v) is 6.41. The van der Waals surface area contributed by atoms with Crippen molar-refractivity contribution in [2.75, 3.05) is 19.6 Å². The summed E-state index contributed by atoms with van der Waals surface area (Å²) in [6, 6.07) is 4.58. The summed E-state index contributed by atoms with van der Waals surface area (Å²) in [7, 11) is 0. The maximum atomic E-state index is 12.4. The van der Waals surface area contributed by atoms with Crippen LogP contribution in [0.15, 0.2) is 18.2 Å². The van der Waals surface area contributed by atoms with Gasteiger partial charge in [-0.15, -0.1) is 0 Å². The van der Waals surface area contributed by atoms with Gasteiger partial charge in [0, 0.05) is 18.1 Å². The van der Waals surface area contributed by atoms with Crippen LogP contribution in [0.5, 0.6) is 0 Å². The van der Waals surface area contributed by atoms with Crippen LogP contribution in [0.3, 0.4) is 0 Å². The minimum absolute atomic E-state index is 0.174. The number of likely N-dealkylation sites (tertiary alicyclic amines) is 1. The minimum atomic E-state index is -0.444. The molecule has 1 fully saturated rings. The summed E-state index contributed by atoms with van der Waals surface area (Å²) < 4.78 is 0. The van der Waals surface area contributed by atoms with Crippen molar-refractivity contribution in [1.82, 2.24) is 9.80 Å². The van der Waals surface area contributed by atoms with Crippen LogP contribution in [0, 0.1) is 5.92 Å². The van der Waals surface area contributed by atoms with Gasteiger partial charge in [0.1, 0.15) is 6.54 Å². The normalized spacial score (nSPS) is 21.3. The Kier molecular flexibility index (Phi) is 3.91. The number of hydrogen-bond donors (Lipinski definition) is 0. The molecular weight excluding hydrogens is 304 g/mol. The van der Waals surface area contributed by atoms with Crippen molar-refractivity contribution in [3.63, 3.8) is 0 Å². The number of rotatable bonds is 2. The molecule has 0 aliphatic carbocycles. The van der Waals surface area contributed by atoms with Gasteiger partial charge in [-0.2, -0.15) is 0 Å². The molecule has 3 rings (SSSR count). The molecule has 0 bridgehead atoms. The molecule has 0 radical (unpaired) electrons. The van der Waals surface area contributed by atoms with E-state index in [0.29, 0.717) is 29.6 Å². The number of carbonyl (C=O) groups is 3. The van der Waals surface area contributed by atoms with Crippen LogP contribution in [-0.4, -0.2) is 47.2 Å². The molecule has 0 spiro atoms. The number of benzene rings is 1. The summed E-state index contributed by atoms with van der Waals surface area (Å²) in [5.41, 5.74) is 0.589. The van der Waals surface area contributed by atoms with Crippen molar-refractivity contribution in [3.8, 4) is 0 Å². The Balaban J connectivity index is 1.75. The van der Waals surface area contributed by atoms with E-state index in [2.05, 4.69) is 6.92 Å². The van der Waals surface area contributed by atoms with E-state index in [1.54, 1.807) is 11.0 Å². The first kappa shape index (κ1) is 15.0. The molecule has 3 amide bonds. The number of nitrogens with zero attached hydrogens (tertiary/aromatic N) is 2. The van der Waals surface area contributed by atoms with Crippen molar-refractivity contribution in [2.24, 2.45) is 5.92 Å². The zero-order valence-electron chi connectivity index (χ0n) is 12.3. The highest BCUT2D eigenvalue weighted by Crippen LogP contribution is 2.26. The maximum Gasteiger partial charge on any atom is 0.262 e. The number of hydrogen-bond acceptors (Lipinski definition) is 3. The molecule has 6 heteroatoms. The fourth-order valence-electron chi connectivity index (χ4n) is 3.06. The van der Waals surface area contributed by atoms with Gasteiger partial charge in [0.05, 0.1) is 11.1 Å². The van der Waals surface area contributed by atoms with E-state index >= 15 is 0 Å². The molecule has 1 aromatic carbocycles. The van der Waals surface area contributed by atoms with Gasteiger partial charge >= 0.3 is 0 Å². The second-order valence-electron chi connectivity index (χ2n) is 5.97. The van der Waals surface area contributed by atoms with Crippen LogP contribution in [0.2, 0.25) is 5.02 Å². The van der Waals surface area contributed by atoms with E-state index < -0.39 is 11.8 Å². The number of halogens is 1. The van der Waals surface area contributed by atoms with Crippen LogP contribution in [-0.2, 0) is 4.79 Å².